The van der Waals surface area contributed by atoms with Crippen LogP contribution in [0.4, 0.5) is 16.2 Å². The highest BCUT2D eigenvalue weighted by Crippen LogP contribution is 2.45. The molecule has 3 rings (SSSR count). The van der Waals surface area contributed by atoms with Crippen LogP contribution in [0.15, 0.2) is 18.2 Å². The molecule has 0 aromatic heterocycles. The third kappa shape index (κ3) is 2.28. The maximum absolute atomic E-state index is 12.5. The number of nitrogen functional groups attached to an aromatic ring is 1. The predicted molar refractivity (Wildman–Crippen MR) is 83.6 cm³/mol. The summed E-state index contributed by atoms with van der Waals surface area (Å²) in [6, 6.07) is 5.43. The first kappa shape index (κ1) is 14.7. The molecule has 118 valence electrons. The normalized spacial score (nSPS) is 23.6. The smallest absolute Gasteiger partial charge is 0.410 e. The quantitative estimate of drug-likeness (QED) is 0.719. The summed E-state index contributed by atoms with van der Waals surface area (Å²) >= 11 is 0. The van der Waals surface area contributed by atoms with Gasteiger partial charge >= 0.3 is 6.09 Å². The lowest BCUT2D eigenvalue weighted by Gasteiger charge is -2.26. The maximum Gasteiger partial charge on any atom is 0.410 e. The zero-order chi connectivity index (χ0) is 16.1. The Morgan fingerprint density at radius 2 is 2.14 bits per heavy atom. The first-order valence-electron chi connectivity index (χ1n) is 7.41. The first-order chi connectivity index (χ1) is 10.2. The Morgan fingerprint density at radius 3 is 2.82 bits per heavy atom. The molecule has 1 atom stereocenters. The van der Waals surface area contributed by atoms with Crippen molar-refractivity contribution in [1.29, 1.82) is 0 Å². The van der Waals surface area contributed by atoms with E-state index in [1.165, 1.54) is 0 Å². The number of fused-ring (bicyclic) bond motifs is 2. The molecule has 1 unspecified atom stereocenters. The van der Waals surface area contributed by atoms with Crippen LogP contribution < -0.4 is 11.1 Å². The van der Waals surface area contributed by atoms with Crippen molar-refractivity contribution >= 4 is 23.4 Å². The number of hydrogen-bond donors (Lipinski definition) is 2. The molecule has 1 saturated heterocycles. The molecule has 1 aromatic carbocycles. The molecular formula is C16H21N3O3. The maximum atomic E-state index is 12.5. The number of nitrogens with one attached hydrogen (secondary N) is 1. The van der Waals surface area contributed by atoms with Crippen molar-refractivity contribution in [2.75, 3.05) is 24.1 Å². The molecule has 0 bridgehead atoms. The topological polar surface area (TPSA) is 84.7 Å². The Hall–Kier alpha value is -2.24. The van der Waals surface area contributed by atoms with Crippen LogP contribution >= 0.6 is 0 Å². The van der Waals surface area contributed by atoms with Crippen LogP contribution in [0.25, 0.3) is 0 Å². The molecule has 2 heterocycles. The van der Waals surface area contributed by atoms with Gasteiger partial charge in [0, 0.05) is 24.5 Å². The average Bonchev–Trinajstić information content (AvgIpc) is 2.92. The van der Waals surface area contributed by atoms with Crippen molar-refractivity contribution in [3.8, 4) is 0 Å². The molecule has 6 nitrogen and oxygen atoms in total. The molecule has 6 heteroatoms. The molecule has 3 N–H and O–H groups in total. The number of likely N-dealkylation sites (tertiary alicyclic amines) is 1. The fourth-order valence-corrected chi connectivity index (χ4v) is 3.14. The number of benzene rings is 1. The van der Waals surface area contributed by atoms with Crippen LogP contribution in [-0.2, 0) is 14.9 Å². The van der Waals surface area contributed by atoms with Crippen LogP contribution in [0, 0.1) is 0 Å². The highest BCUT2D eigenvalue weighted by molar-refractivity contribution is 6.07. The van der Waals surface area contributed by atoms with E-state index in [1.54, 1.807) is 17.0 Å². The minimum atomic E-state index is -0.681. The summed E-state index contributed by atoms with van der Waals surface area (Å²) in [7, 11) is 0. The lowest BCUT2D eigenvalue weighted by atomic mass is 9.81. The largest absolute Gasteiger partial charge is 0.444 e. The zero-order valence-electron chi connectivity index (χ0n) is 13.1. The van der Waals surface area contributed by atoms with Gasteiger partial charge in [-0.05, 0) is 44.9 Å². The molecule has 1 fully saturated rings. The van der Waals surface area contributed by atoms with E-state index in [0.29, 0.717) is 25.2 Å². The van der Waals surface area contributed by atoms with Crippen molar-refractivity contribution in [3.05, 3.63) is 23.8 Å². The van der Waals surface area contributed by atoms with Gasteiger partial charge in [0.15, 0.2) is 0 Å². The van der Waals surface area contributed by atoms with Crippen LogP contribution in [0.3, 0.4) is 0 Å². The van der Waals surface area contributed by atoms with E-state index in [9.17, 15) is 9.59 Å². The molecular weight excluding hydrogens is 282 g/mol. The molecule has 2 aliphatic heterocycles. The minimum absolute atomic E-state index is 0.0702. The van der Waals surface area contributed by atoms with Gasteiger partial charge < -0.3 is 20.7 Å². The molecule has 0 radical (unpaired) electrons. The standard InChI is InChI=1S/C16H21N3O3/c1-15(2,3)22-14(21)19-7-6-16(9-19)11-5-4-10(17)8-12(11)18-13(16)20/h4-5,8H,6-7,9,17H2,1-3H3,(H,18,20). The number of ether oxygens (including phenoxy) is 1. The molecule has 1 spiro atoms. The van der Waals surface area contributed by atoms with Crippen molar-refractivity contribution in [2.24, 2.45) is 0 Å². The Bertz CT molecular complexity index is 651. The van der Waals surface area contributed by atoms with Gasteiger partial charge in [-0.25, -0.2) is 4.79 Å². The summed E-state index contributed by atoms with van der Waals surface area (Å²) < 4.78 is 5.40. The average molecular weight is 303 g/mol. The molecule has 22 heavy (non-hydrogen) atoms. The van der Waals surface area contributed by atoms with Crippen molar-refractivity contribution < 1.29 is 14.3 Å². The Morgan fingerprint density at radius 1 is 1.41 bits per heavy atom. The first-order valence-corrected chi connectivity index (χ1v) is 7.41. The van der Waals surface area contributed by atoms with Gasteiger partial charge in [0.1, 0.15) is 5.60 Å². The number of anilines is 2. The van der Waals surface area contributed by atoms with Gasteiger partial charge in [-0.1, -0.05) is 6.07 Å². The van der Waals surface area contributed by atoms with Gasteiger partial charge in [-0.15, -0.1) is 0 Å². The fourth-order valence-electron chi connectivity index (χ4n) is 3.14. The Kier molecular flexibility index (Phi) is 3.09. The van der Waals surface area contributed by atoms with Crippen LogP contribution in [0.2, 0.25) is 0 Å². The number of amides is 2. The number of nitrogens with zero attached hydrogens (tertiary/aromatic N) is 1. The van der Waals surface area contributed by atoms with Gasteiger partial charge in [0.25, 0.3) is 0 Å². The summed E-state index contributed by atoms with van der Waals surface area (Å²) in [5.41, 5.74) is 6.82. The number of carbonyl (C=O) groups excluding carboxylic acids is 2. The second-order valence-electron chi connectivity index (χ2n) is 6.99. The summed E-state index contributed by atoms with van der Waals surface area (Å²) in [6.45, 7) is 6.34. The third-order valence-electron chi connectivity index (χ3n) is 4.16. The number of carbonyl (C=O) groups is 2. The minimum Gasteiger partial charge on any atom is -0.444 e. The van der Waals surface area contributed by atoms with Gasteiger partial charge in [0.2, 0.25) is 5.91 Å². The van der Waals surface area contributed by atoms with E-state index in [1.807, 2.05) is 26.8 Å². The molecule has 1 aromatic rings. The number of nitrogens with two attached hydrogens (primary N) is 1. The second kappa shape index (κ2) is 4.63. The van der Waals surface area contributed by atoms with Crippen molar-refractivity contribution in [2.45, 2.75) is 38.2 Å². The van der Waals surface area contributed by atoms with E-state index in [4.69, 9.17) is 10.5 Å². The molecule has 2 amide bonds. The summed E-state index contributed by atoms with van der Waals surface area (Å²) in [5.74, 6) is -0.0702. The second-order valence-corrected chi connectivity index (χ2v) is 6.99. The molecule has 0 aliphatic carbocycles. The van der Waals surface area contributed by atoms with Gasteiger partial charge in [-0.3, -0.25) is 4.79 Å². The van der Waals surface area contributed by atoms with E-state index in [0.717, 1.165) is 11.3 Å². The summed E-state index contributed by atoms with van der Waals surface area (Å²) in [4.78, 5) is 26.3. The van der Waals surface area contributed by atoms with E-state index in [-0.39, 0.29) is 12.0 Å². The highest BCUT2D eigenvalue weighted by Gasteiger charge is 2.52. The molecule has 2 aliphatic rings. The van der Waals surface area contributed by atoms with Crippen molar-refractivity contribution in [1.82, 2.24) is 4.90 Å². The predicted octanol–water partition coefficient (Wildman–Crippen LogP) is 2.10. The number of hydrogen-bond acceptors (Lipinski definition) is 4. The highest BCUT2D eigenvalue weighted by atomic mass is 16.6. The van der Waals surface area contributed by atoms with Gasteiger partial charge in [0.05, 0.1) is 5.41 Å². The zero-order valence-corrected chi connectivity index (χ0v) is 13.1. The summed E-state index contributed by atoms with van der Waals surface area (Å²) in [5, 5.41) is 2.88. The summed E-state index contributed by atoms with van der Waals surface area (Å²) in [6.07, 6.45) is 0.218. The van der Waals surface area contributed by atoms with Gasteiger partial charge in [-0.2, -0.15) is 0 Å². The molecule has 0 saturated carbocycles. The number of rotatable bonds is 0. The van der Waals surface area contributed by atoms with Crippen LogP contribution in [-0.4, -0.2) is 35.6 Å². The lowest BCUT2D eigenvalue weighted by molar-refractivity contribution is -0.120. The monoisotopic (exact) mass is 303 g/mol. The van der Waals surface area contributed by atoms with Crippen LogP contribution in [0.1, 0.15) is 32.8 Å². The van der Waals surface area contributed by atoms with E-state index < -0.39 is 11.0 Å². The Balaban J connectivity index is 1.85. The van der Waals surface area contributed by atoms with Crippen molar-refractivity contribution in [3.63, 3.8) is 0 Å². The SMILES string of the molecule is CC(C)(C)OC(=O)N1CCC2(C1)C(=O)Nc1cc(N)ccc12. The lowest BCUT2D eigenvalue weighted by Crippen LogP contribution is -2.41. The van der Waals surface area contributed by atoms with E-state index in [2.05, 4.69) is 5.32 Å². The van der Waals surface area contributed by atoms with Crippen LogP contribution in [0.5, 0.6) is 0 Å². The third-order valence-corrected chi connectivity index (χ3v) is 4.16. The van der Waals surface area contributed by atoms with E-state index >= 15 is 0 Å². The Labute approximate surface area is 129 Å². The fraction of sp³-hybridized carbons (Fsp3) is 0.500.